The van der Waals surface area contributed by atoms with Gasteiger partial charge in [0.2, 0.25) is 0 Å². The van der Waals surface area contributed by atoms with Gasteiger partial charge in [-0.3, -0.25) is 9.59 Å². The van der Waals surface area contributed by atoms with Gasteiger partial charge in [0, 0.05) is 0 Å². The Hall–Kier alpha value is -2.86. The number of benzene rings is 2. The third-order valence-corrected chi connectivity index (χ3v) is 2.93. The molecule has 0 aliphatic heterocycles. The highest BCUT2D eigenvalue weighted by Crippen LogP contribution is 2.20. The van der Waals surface area contributed by atoms with E-state index >= 15 is 0 Å². The number of halogens is 1. The van der Waals surface area contributed by atoms with E-state index in [-0.39, 0.29) is 5.75 Å². The molecule has 0 heterocycles. The van der Waals surface area contributed by atoms with Gasteiger partial charge in [0.25, 0.3) is 0 Å². The number of phenolic OH excluding ortho intramolecular Hbond substituents is 1. The van der Waals surface area contributed by atoms with Gasteiger partial charge in [-0.2, -0.15) is 5.10 Å². The van der Waals surface area contributed by atoms with Crippen LogP contribution in [0.1, 0.15) is 5.56 Å². The van der Waals surface area contributed by atoms with Gasteiger partial charge in [0.05, 0.1) is 16.9 Å². The number of hydrogen-bond acceptors (Lipinski definition) is 4. The molecule has 0 aromatic heterocycles. The van der Waals surface area contributed by atoms with E-state index in [1.807, 2.05) is 0 Å². The molecule has 0 aliphatic carbocycles. The Balaban J connectivity index is 1.90. The molecular weight excluding hydrogens is 306 g/mol. The Morgan fingerprint density at radius 3 is 2.41 bits per heavy atom. The van der Waals surface area contributed by atoms with Gasteiger partial charge in [0.1, 0.15) is 5.75 Å². The van der Waals surface area contributed by atoms with Gasteiger partial charge < -0.3 is 10.4 Å². The summed E-state index contributed by atoms with van der Waals surface area (Å²) in [4.78, 5) is 23.2. The predicted molar refractivity (Wildman–Crippen MR) is 83.9 cm³/mol. The number of nitrogens with one attached hydrogen (secondary N) is 2. The molecule has 0 aliphatic rings. The van der Waals surface area contributed by atoms with Crippen molar-refractivity contribution in [2.24, 2.45) is 5.10 Å². The molecule has 7 heteroatoms. The lowest BCUT2D eigenvalue weighted by Gasteiger charge is -2.05. The molecule has 0 bridgehead atoms. The number of carbonyl (C=O) groups excluding carboxylic acids is 2. The lowest BCUT2D eigenvalue weighted by atomic mass is 10.2. The number of hydrazone groups is 1. The summed E-state index contributed by atoms with van der Waals surface area (Å²) in [5, 5.41) is 15.5. The van der Waals surface area contributed by atoms with E-state index in [1.165, 1.54) is 18.3 Å². The number of carbonyl (C=O) groups is 2. The second-order valence-electron chi connectivity index (χ2n) is 4.22. The highest BCUT2D eigenvalue weighted by atomic mass is 35.5. The number of amides is 2. The topological polar surface area (TPSA) is 90.8 Å². The Labute approximate surface area is 131 Å². The molecule has 3 N–H and O–H groups in total. The maximum absolute atomic E-state index is 11.7. The number of phenols is 1. The van der Waals surface area contributed by atoms with Crippen molar-refractivity contribution in [1.29, 1.82) is 0 Å². The van der Waals surface area contributed by atoms with E-state index in [1.54, 1.807) is 36.4 Å². The molecule has 112 valence electrons. The van der Waals surface area contributed by atoms with Crippen LogP contribution < -0.4 is 10.7 Å². The van der Waals surface area contributed by atoms with Gasteiger partial charge in [-0.25, -0.2) is 5.43 Å². The molecule has 22 heavy (non-hydrogen) atoms. The van der Waals surface area contributed by atoms with Crippen molar-refractivity contribution in [3.05, 3.63) is 59.1 Å². The Kier molecular flexibility index (Phi) is 5.11. The average Bonchev–Trinajstić information content (AvgIpc) is 2.51. The van der Waals surface area contributed by atoms with Crippen LogP contribution in [0.3, 0.4) is 0 Å². The van der Waals surface area contributed by atoms with E-state index in [0.717, 1.165) is 0 Å². The summed E-state index contributed by atoms with van der Waals surface area (Å²) in [5.41, 5.74) is 3.09. The van der Waals surface area contributed by atoms with Crippen molar-refractivity contribution in [3.63, 3.8) is 0 Å². The zero-order chi connectivity index (χ0) is 15.9. The fourth-order valence-corrected chi connectivity index (χ4v) is 1.70. The van der Waals surface area contributed by atoms with Crippen LogP contribution in [0, 0.1) is 0 Å². The van der Waals surface area contributed by atoms with Gasteiger partial charge >= 0.3 is 11.8 Å². The van der Waals surface area contributed by atoms with E-state index in [0.29, 0.717) is 16.3 Å². The van der Waals surface area contributed by atoms with Gasteiger partial charge in [-0.1, -0.05) is 23.7 Å². The number of para-hydroxylation sites is 1. The highest BCUT2D eigenvalue weighted by molar-refractivity contribution is 6.41. The summed E-state index contributed by atoms with van der Waals surface area (Å²) in [5.74, 6) is -1.67. The maximum atomic E-state index is 11.7. The number of aromatic hydroxyl groups is 1. The van der Waals surface area contributed by atoms with E-state index in [9.17, 15) is 9.59 Å². The number of nitrogens with zero attached hydrogens (tertiary/aromatic N) is 1. The largest absolute Gasteiger partial charge is 0.508 e. The first-order chi connectivity index (χ1) is 10.6. The molecule has 0 atom stereocenters. The lowest BCUT2D eigenvalue weighted by Crippen LogP contribution is -2.32. The van der Waals surface area contributed by atoms with Gasteiger partial charge in [-0.15, -0.1) is 0 Å². The second kappa shape index (κ2) is 7.24. The SMILES string of the molecule is O=C(N/N=C\c1ccc(O)cc1)C(=O)Nc1ccccc1Cl. The molecule has 0 spiro atoms. The molecule has 2 aromatic rings. The first-order valence-corrected chi connectivity index (χ1v) is 6.62. The maximum Gasteiger partial charge on any atom is 0.329 e. The minimum absolute atomic E-state index is 0.125. The lowest BCUT2D eigenvalue weighted by molar-refractivity contribution is -0.136. The van der Waals surface area contributed by atoms with Crippen molar-refractivity contribution < 1.29 is 14.7 Å². The van der Waals surface area contributed by atoms with Crippen LogP contribution in [-0.2, 0) is 9.59 Å². The van der Waals surface area contributed by atoms with Crippen molar-refractivity contribution in [3.8, 4) is 5.75 Å². The summed E-state index contributed by atoms with van der Waals surface area (Å²) in [6, 6.07) is 12.7. The zero-order valence-electron chi connectivity index (χ0n) is 11.3. The predicted octanol–water partition coefficient (Wildman–Crippen LogP) is 2.13. The average molecular weight is 318 g/mol. The van der Waals surface area contributed by atoms with Crippen LogP contribution in [0.4, 0.5) is 5.69 Å². The second-order valence-corrected chi connectivity index (χ2v) is 4.63. The van der Waals surface area contributed by atoms with Crippen LogP contribution in [-0.4, -0.2) is 23.1 Å². The van der Waals surface area contributed by atoms with Gasteiger partial charge in [0.15, 0.2) is 0 Å². The molecule has 2 aromatic carbocycles. The van der Waals surface area contributed by atoms with E-state index < -0.39 is 11.8 Å². The summed E-state index contributed by atoms with van der Waals surface area (Å²) in [7, 11) is 0. The quantitative estimate of drug-likeness (QED) is 0.460. The molecule has 0 radical (unpaired) electrons. The van der Waals surface area contributed by atoms with Crippen molar-refractivity contribution in [1.82, 2.24) is 5.43 Å². The van der Waals surface area contributed by atoms with Crippen molar-refractivity contribution >= 4 is 35.3 Å². The molecule has 0 saturated carbocycles. The number of rotatable bonds is 3. The molecule has 2 rings (SSSR count). The van der Waals surface area contributed by atoms with Crippen LogP contribution in [0.5, 0.6) is 5.75 Å². The molecule has 2 amide bonds. The zero-order valence-corrected chi connectivity index (χ0v) is 12.0. The minimum Gasteiger partial charge on any atom is -0.508 e. The van der Waals surface area contributed by atoms with E-state index in [4.69, 9.17) is 16.7 Å². The fraction of sp³-hybridized carbons (Fsp3) is 0. The smallest absolute Gasteiger partial charge is 0.329 e. The molecule has 0 fully saturated rings. The Morgan fingerprint density at radius 2 is 1.73 bits per heavy atom. The molecule has 6 nitrogen and oxygen atoms in total. The third-order valence-electron chi connectivity index (χ3n) is 2.60. The Bertz CT molecular complexity index is 714. The summed E-state index contributed by atoms with van der Waals surface area (Å²) in [6.07, 6.45) is 1.35. The fourth-order valence-electron chi connectivity index (χ4n) is 1.52. The first-order valence-electron chi connectivity index (χ1n) is 6.24. The summed E-state index contributed by atoms with van der Waals surface area (Å²) >= 11 is 5.87. The minimum atomic E-state index is -0.921. The van der Waals surface area contributed by atoms with Crippen LogP contribution in [0.15, 0.2) is 53.6 Å². The summed E-state index contributed by atoms with van der Waals surface area (Å²) in [6.45, 7) is 0. The Morgan fingerprint density at radius 1 is 1.05 bits per heavy atom. The number of anilines is 1. The molecule has 0 unspecified atom stereocenters. The monoisotopic (exact) mass is 317 g/mol. The molecular formula is C15H12ClN3O3. The standard InChI is InChI=1S/C15H12ClN3O3/c16-12-3-1-2-4-13(12)18-14(21)15(22)19-17-9-10-5-7-11(20)8-6-10/h1-9,20H,(H,18,21)(H,19,22)/b17-9-. The highest BCUT2D eigenvalue weighted by Gasteiger charge is 2.13. The van der Waals surface area contributed by atoms with E-state index in [2.05, 4.69) is 15.8 Å². The van der Waals surface area contributed by atoms with Crippen molar-refractivity contribution in [2.75, 3.05) is 5.32 Å². The van der Waals surface area contributed by atoms with Gasteiger partial charge in [-0.05, 0) is 42.0 Å². The van der Waals surface area contributed by atoms with Crippen LogP contribution in [0.2, 0.25) is 5.02 Å². The normalized spacial score (nSPS) is 10.4. The van der Waals surface area contributed by atoms with Crippen LogP contribution >= 0.6 is 11.6 Å². The van der Waals surface area contributed by atoms with Crippen LogP contribution in [0.25, 0.3) is 0 Å². The van der Waals surface area contributed by atoms with Crippen molar-refractivity contribution in [2.45, 2.75) is 0 Å². The third kappa shape index (κ3) is 4.32. The summed E-state index contributed by atoms with van der Waals surface area (Å²) < 4.78 is 0. The number of hydrogen-bond donors (Lipinski definition) is 3. The molecule has 0 saturated heterocycles. The first kappa shape index (κ1) is 15.5.